The number of para-hydroxylation sites is 2. The fraction of sp³-hybridized carbons (Fsp3) is 0.500. The van der Waals surface area contributed by atoms with Crippen molar-refractivity contribution < 1.29 is 9.53 Å². The maximum Gasteiger partial charge on any atom is 0.308 e. The van der Waals surface area contributed by atoms with E-state index < -0.39 is 5.60 Å². The molecule has 1 fully saturated rings. The average Bonchev–Trinajstić information content (AvgIpc) is 3.31. The number of hydrogen-bond donors (Lipinski definition) is 1. The first-order chi connectivity index (χ1) is 17.8. The third-order valence-corrected chi connectivity index (χ3v) is 8.45. The molecule has 3 aromatic rings. The normalized spacial score (nSPS) is 23.1. The number of aromatic nitrogens is 2. The number of esters is 1. The van der Waals surface area contributed by atoms with Crippen LogP contribution in [0.4, 0.5) is 0 Å². The van der Waals surface area contributed by atoms with E-state index in [0.29, 0.717) is 5.92 Å². The van der Waals surface area contributed by atoms with Gasteiger partial charge in [-0.05, 0) is 81.0 Å². The van der Waals surface area contributed by atoms with Crippen LogP contribution in [0, 0.1) is 24.7 Å². The largest absolute Gasteiger partial charge is 0.458 e. The number of ether oxygens (including phenoxy) is 1. The van der Waals surface area contributed by atoms with E-state index in [1.807, 2.05) is 26.0 Å². The first-order valence-electron chi connectivity index (χ1n) is 14.0. The highest BCUT2D eigenvalue weighted by Crippen LogP contribution is 2.53. The lowest BCUT2D eigenvalue weighted by Crippen LogP contribution is -2.51. The van der Waals surface area contributed by atoms with Gasteiger partial charge < -0.3 is 14.6 Å². The molecule has 1 N–H and O–H groups in total. The number of allylic oxidation sites excluding steroid dienone is 1. The van der Waals surface area contributed by atoms with Crippen LogP contribution in [0.3, 0.4) is 0 Å². The number of nitrogens with one attached hydrogen (secondary N) is 1. The molecule has 2 aromatic carbocycles. The van der Waals surface area contributed by atoms with Gasteiger partial charge in [0.25, 0.3) is 0 Å². The van der Waals surface area contributed by atoms with E-state index in [1.165, 1.54) is 23.1 Å². The molecule has 0 spiro atoms. The Morgan fingerprint density at radius 2 is 1.92 bits per heavy atom. The summed E-state index contributed by atoms with van der Waals surface area (Å²) < 4.78 is 6.42. The van der Waals surface area contributed by atoms with Gasteiger partial charge in [-0.15, -0.1) is 0 Å². The number of benzene rings is 2. The second kappa shape index (κ2) is 10.8. The molecular weight excluding hydrogens is 458 g/mol. The predicted octanol–water partition coefficient (Wildman–Crippen LogP) is 6.58. The zero-order valence-corrected chi connectivity index (χ0v) is 22.8. The molecule has 5 heteroatoms. The molecule has 0 saturated heterocycles. The SMILES string of the molecule is Cc1ccccc1C1=C[C@H]2CC[C@@H]1C[C@]2(CCN(C)CCCc1nc2ccccc2[nH]1)OC(=O)C(C)C. The number of H-pyrrole nitrogens is 1. The van der Waals surface area contributed by atoms with Gasteiger partial charge in [0.1, 0.15) is 11.4 Å². The fourth-order valence-electron chi connectivity index (χ4n) is 6.28. The van der Waals surface area contributed by atoms with Crippen LogP contribution in [0.25, 0.3) is 16.6 Å². The molecule has 3 atom stereocenters. The molecule has 2 bridgehead atoms. The number of fused-ring (bicyclic) bond motifs is 3. The third-order valence-electron chi connectivity index (χ3n) is 8.45. The van der Waals surface area contributed by atoms with Gasteiger partial charge in [-0.1, -0.05) is 56.3 Å². The van der Waals surface area contributed by atoms with Gasteiger partial charge in [-0.25, -0.2) is 4.98 Å². The van der Waals surface area contributed by atoms with E-state index >= 15 is 0 Å². The third kappa shape index (κ3) is 5.52. The molecule has 37 heavy (non-hydrogen) atoms. The number of hydrogen-bond acceptors (Lipinski definition) is 4. The van der Waals surface area contributed by atoms with Crippen molar-refractivity contribution in [2.24, 2.45) is 17.8 Å². The maximum absolute atomic E-state index is 12.9. The van der Waals surface area contributed by atoms with Gasteiger partial charge in [0, 0.05) is 25.3 Å². The summed E-state index contributed by atoms with van der Waals surface area (Å²) in [4.78, 5) is 23.4. The molecule has 1 aromatic heterocycles. The molecule has 1 saturated carbocycles. The van der Waals surface area contributed by atoms with Crippen molar-refractivity contribution in [1.82, 2.24) is 14.9 Å². The minimum absolute atomic E-state index is 0.0640. The number of aryl methyl sites for hydroxylation is 2. The summed E-state index contributed by atoms with van der Waals surface area (Å²) in [6.45, 7) is 7.99. The van der Waals surface area contributed by atoms with E-state index in [9.17, 15) is 4.79 Å². The Morgan fingerprint density at radius 3 is 2.65 bits per heavy atom. The highest BCUT2D eigenvalue weighted by atomic mass is 16.6. The molecule has 0 radical (unpaired) electrons. The van der Waals surface area contributed by atoms with Gasteiger partial charge in [-0.3, -0.25) is 4.79 Å². The second-order valence-electron chi connectivity index (χ2n) is 11.5. The van der Waals surface area contributed by atoms with Crippen LogP contribution in [0.15, 0.2) is 54.6 Å². The summed E-state index contributed by atoms with van der Waals surface area (Å²) in [5.41, 5.74) is 5.89. The van der Waals surface area contributed by atoms with Crippen LogP contribution < -0.4 is 0 Å². The van der Waals surface area contributed by atoms with E-state index in [4.69, 9.17) is 9.72 Å². The van der Waals surface area contributed by atoms with Crippen LogP contribution in [-0.4, -0.2) is 46.6 Å². The van der Waals surface area contributed by atoms with Crippen LogP contribution in [-0.2, 0) is 16.0 Å². The Morgan fingerprint density at radius 1 is 1.14 bits per heavy atom. The summed E-state index contributed by atoms with van der Waals surface area (Å²) in [5.74, 6) is 1.60. The molecule has 0 unspecified atom stereocenters. The van der Waals surface area contributed by atoms with E-state index in [0.717, 1.165) is 62.1 Å². The van der Waals surface area contributed by atoms with E-state index in [-0.39, 0.29) is 17.8 Å². The van der Waals surface area contributed by atoms with Crippen LogP contribution in [0.1, 0.15) is 62.9 Å². The molecule has 0 amide bonds. The molecule has 5 nitrogen and oxygen atoms in total. The summed E-state index contributed by atoms with van der Waals surface area (Å²) in [6, 6.07) is 16.9. The van der Waals surface area contributed by atoms with Crippen LogP contribution in [0.5, 0.6) is 0 Å². The number of nitrogens with zero attached hydrogens (tertiary/aromatic N) is 2. The molecule has 3 aliphatic rings. The zero-order chi connectivity index (χ0) is 26.0. The van der Waals surface area contributed by atoms with E-state index in [2.05, 4.69) is 66.3 Å². The zero-order valence-electron chi connectivity index (χ0n) is 22.8. The monoisotopic (exact) mass is 499 g/mol. The Labute approximate surface area is 221 Å². The standard InChI is InChI=1S/C32H41N3O2/c1-22(2)31(36)37-32(21-24-15-16-25(32)20-27(24)26-11-6-5-10-23(26)3)17-19-35(4)18-9-14-30-33-28-12-7-8-13-29(28)34-30/h5-8,10-13,20,22,24-25H,9,14-19,21H2,1-4H3,(H,33,34)/t24-,25-,32+/m1/s1. The lowest BCUT2D eigenvalue weighted by molar-refractivity contribution is -0.176. The smallest absolute Gasteiger partial charge is 0.308 e. The van der Waals surface area contributed by atoms with Gasteiger partial charge in [0.2, 0.25) is 0 Å². The van der Waals surface area contributed by atoms with Crippen molar-refractivity contribution >= 4 is 22.6 Å². The molecule has 6 rings (SSSR count). The molecule has 1 heterocycles. The van der Waals surface area contributed by atoms with Crippen molar-refractivity contribution in [3.8, 4) is 0 Å². The van der Waals surface area contributed by atoms with Crippen molar-refractivity contribution in [3.05, 3.63) is 71.6 Å². The molecule has 0 aliphatic heterocycles. The highest BCUT2D eigenvalue weighted by molar-refractivity contribution is 5.75. The van der Waals surface area contributed by atoms with Crippen LogP contribution >= 0.6 is 0 Å². The number of aromatic amines is 1. The Hall–Kier alpha value is -2.92. The minimum atomic E-state index is -0.399. The first kappa shape index (κ1) is 25.7. The molecule has 196 valence electrons. The quantitative estimate of drug-likeness (QED) is 0.320. The van der Waals surface area contributed by atoms with Crippen LogP contribution in [0.2, 0.25) is 0 Å². The number of imidazole rings is 1. The summed E-state index contributed by atoms with van der Waals surface area (Å²) in [7, 11) is 2.19. The summed E-state index contributed by atoms with van der Waals surface area (Å²) in [6.07, 6.45) is 8.52. The fourth-order valence-corrected chi connectivity index (χ4v) is 6.28. The predicted molar refractivity (Wildman–Crippen MR) is 150 cm³/mol. The number of rotatable bonds is 10. The highest BCUT2D eigenvalue weighted by Gasteiger charge is 2.50. The summed E-state index contributed by atoms with van der Waals surface area (Å²) in [5, 5.41) is 0. The first-order valence-corrected chi connectivity index (χ1v) is 14.0. The lowest BCUT2D eigenvalue weighted by atomic mass is 9.60. The van der Waals surface area contributed by atoms with Crippen molar-refractivity contribution in [2.75, 3.05) is 20.1 Å². The lowest BCUT2D eigenvalue weighted by Gasteiger charge is -2.50. The second-order valence-corrected chi connectivity index (χ2v) is 11.5. The maximum atomic E-state index is 12.9. The van der Waals surface area contributed by atoms with E-state index in [1.54, 1.807) is 0 Å². The Bertz CT molecular complexity index is 1240. The Balaban J connectivity index is 1.25. The van der Waals surface area contributed by atoms with Crippen molar-refractivity contribution in [2.45, 2.75) is 64.9 Å². The molecular formula is C32H41N3O2. The van der Waals surface area contributed by atoms with Gasteiger partial charge >= 0.3 is 5.97 Å². The number of carbonyl (C=O) groups is 1. The van der Waals surface area contributed by atoms with Gasteiger partial charge in [0.15, 0.2) is 0 Å². The van der Waals surface area contributed by atoms with Gasteiger partial charge in [0.05, 0.1) is 17.0 Å². The van der Waals surface area contributed by atoms with Crippen molar-refractivity contribution in [1.29, 1.82) is 0 Å². The molecule has 3 aliphatic carbocycles. The van der Waals surface area contributed by atoms with Crippen molar-refractivity contribution in [3.63, 3.8) is 0 Å². The van der Waals surface area contributed by atoms with Gasteiger partial charge in [-0.2, -0.15) is 0 Å². The summed E-state index contributed by atoms with van der Waals surface area (Å²) >= 11 is 0. The Kier molecular flexibility index (Phi) is 7.52. The number of carbonyl (C=O) groups excluding carboxylic acids is 1. The topological polar surface area (TPSA) is 58.2 Å². The average molecular weight is 500 g/mol. The minimum Gasteiger partial charge on any atom is -0.458 e.